The van der Waals surface area contributed by atoms with Crippen LogP contribution in [0.3, 0.4) is 0 Å². The van der Waals surface area contributed by atoms with Crippen LogP contribution in [0, 0.1) is 11.8 Å². The molecule has 0 spiro atoms. The molecule has 0 aromatic heterocycles. The summed E-state index contributed by atoms with van der Waals surface area (Å²) in [5, 5.41) is 0. The van der Waals surface area contributed by atoms with E-state index >= 15 is 0 Å². The fourth-order valence-corrected chi connectivity index (χ4v) is 2.05. The molecule has 1 unspecified atom stereocenters. The van der Waals surface area contributed by atoms with Crippen molar-refractivity contribution in [3.05, 3.63) is 0 Å². The zero-order chi connectivity index (χ0) is 12.8. The Morgan fingerprint density at radius 1 is 1.35 bits per heavy atom. The maximum atomic E-state index is 12.1. The molecular formula is C13H26N2O2. The fraction of sp³-hybridized carbons (Fsp3) is 0.923. The lowest BCUT2D eigenvalue weighted by molar-refractivity contribution is -0.138. The number of carbonyl (C=O) groups is 1. The summed E-state index contributed by atoms with van der Waals surface area (Å²) in [6, 6.07) is 0. The number of nitrogens with zero attached hydrogens (tertiary/aromatic N) is 1. The van der Waals surface area contributed by atoms with Crippen LogP contribution in [0.15, 0.2) is 0 Å². The van der Waals surface area contributed by atoms with E-state index in [-0.39, 0.29) is 17.9 Å². The van der Waals surface area contributed by atoms with E-state index in [2.05, 4.69) is 13.8 Å². The van der Waals surface area contributed by atoms with Crippen molar-refractivity contribution in [1.29, 1.82) is 0 Å². The van der Waals surface area contributed by atoms with Gasteiger partial charge in [0.2, 0.25) is 5.91 Å². The second-order valence-corrected chi connectivity index (χ2v) is 5.22. The second kappa shape index (κ2) is 6.97. The molecule has 1 aliphatic heterocycles. The summed E-state index contributed by atoms with van der Waals surface area (Å²) in [5.41, 5.74) is 5.40. The van der Waals surface area contributed by atoms with E-state index in [4.69, 9.17) is 10.5 Å². The summed E-state index contributed by atoms with van der Waals surface area (Å²) < 4.78 is 5.61. The molecule has 0 saturated carbocycles. The van der Waals surface area contributed by atoms with Crippen LogP contribution in [0.5, 0.6) is 0 Å². The summed E-state index contributed by atoms with van der Waals surface area (Å²) in [7, 11) is 0. The SMILES string of the molecule is CC(C)C(C)C(=O)N1CCC(OCCN)CC1. The molecule has 0 aromatic carbocycles. The largest absolute Gasteiger partial charge is 0.377 e. The number of likely N-dealkylation sites (tertiary alicyclic amines) is 1. The van der Waals surface area contributed by atoms with Crippen LogP contribution in [0.25, 0.3) is 0 Å². The highest BCUT2D eigenvalue weighted by atomic mass is 16.5. The molecule has 2 N–H and O–H groups in total. The number of carbonyl (C=O) groups excluding carboxylic acids is 1. The Kier molecular flexibility index (Phi) is 5.92. The number of amides is 1. The summed E-state index contributed by atoms with van der Waals surface area (Å²) in [6.07, 6.45) is 2.17. The Bertz CT molecular complexity index is 236. The van der Waals surface area contributed by atoms with Crippen LogP contribution in [0.4, 0.5) is 0 Å². The molecule has 4 nitrogen and oxygen atoms in total. The lowest BCUT2D eigenvalue weighted by atomic mass is 9.95. The van der Waals surface area contributed by atoms with Crippen molar-refractivity contribution in [2.45, 2.75) is 39.7 Å². The highest BCUT2D eigenvalue weighted by Crippen LogP contribution is 2.19. The van der Waals surface area contributed by atoms with Crippen LogP contribution in [0.1, 0.15) is 33.6 Å². The van der Waals surface area contributed by atoms with Crippen molar-refractivity contribution in [2.75, 3.05) is 26.2 Å². The molecule has 1 rings (SSSR count). The molecule has 0 radical (unpaired) electrons. The van der Waals surface area contributed by atoms with E-state index in [9.17, 15) is 4.79 Å². The maximum absolute atomic E-state index is 12.1. The van der Waals surface area contributed by atoms with E-state index in [1.165, 1.54) is 0 Å². The molecule has 0 bridgehead atoms. The van der Waals surface area contributed by atoms with Gasteiger partial charge in [0.05, 0.1) is 12.7 Å². The Labute approximate surface area is 104 Å². The third-order valence-electron chi connectivity index (χ3n) is 3.61. The normalized spacial score (nSPS) is 19.7. The van der Waals surface area contributed by atoms with Gasteiger partial charge >= 0.3 is 0 Å². The van der Waals surface area contributed by atoms with Gasteiger partial charge in [-0.05, 0) is 18.8 Å². The van der Waals surface area contributed by atoms with E-state index in [0.29, 0.717) is 19.1 Å². The highest BCUT2D eigenvalue weighted by Gasteiger charge is 2.27. The first kappa shape index (κ1) is 14.5. The lowest BCUT2D eigenvalue weighted by Gasteiger charge is -2.34. The van der Waals surface area contributed by atoms with Gasteiger partial charge in [0.15, 0.2) is 0 Å². The predicted octanol–water partition coefficient (Wildman–Crippen LogP) is 1.24. The first-order valence-electron chi connectivity index (χ1n) is 6.66. The highest BCUT2D eigenvalue weighted by molar-refractivity contribution is 5.78. The Hall–Kier alpha value is -0.610. The van der Waals surface area contributed by atoms with Crippen molar-refractivity contribution < 1.29 is 9.53 Å². The molecule has 17 heavy (non-hydrogen) atoms. The number of piperidine rings is 1. The average Bonchev–Trinajstić information content (AvgIpc) is 2.35. The van der Waals surface area contributed by atoms with Crippen molar-refractivity contribution in [2.24, 2.45) is 17.6 Å². The zero-order valence-electron chi connectivity index (χ0n) is 11.3. The van der Waals surface area contributed by atoms with Crippen molar-refractivity contribution in [3.8, 4) is 0 Å². The first-order valence-corrected chi connectivity index (χ1v) is 6.66. The van der Waals surface area contributed by atoms with Crippen molar-refractivity contribution >= 4 is 5.91 Å². The molecule has 1 saturated heterocycles. The van der Waals surface area contributed by atoms with Crippen molar-refractivity contribution in [3.63, 3.8) is 0 Å². The van der Waals surface area contributed by atoms with Gasteiger partial charge in [0.1, 0.15) is 0 Å². The van der Waals surface area contributed by atoms with Crippen LogP contribution >= 0.6 is 0 Å². The molecule has 1 fully saturated rings. The smallest absolute Gasteiger partial charge is 0.225 e. The van der Waals surface area contributed by atoms with E-state index in [0.717, 1.165) is 25.9 Å². The van der Waals surface area contributed by atoms with Gasteiger partial charge in [-0.1, -0.05) is 20.8 Å². The van der Waals surface area contributed by atoms with Crippen LogP contribution in [-0.4, -0.2) is 43.2 Å². The minimum atomic E-state index is 0.122. The summed E-state index contributed by atoms with van der Waals surface area (Å²) in [5.74, 6) is 0.822. The molecule has 1 aliphatic rings. The van der Waals surface area contributed by atoms with Gasteiger partial charge in [-0.15, -0.1) is 0 Å². The van der Waals surface area contributed by atoms with Gasteiger partial charge in [-0.3, -0.25) is 4.79 Å². The van der Waals surface area contributed by atoms with Crippen molar-refractivity contribution in [1.82, 2.24) is 4.90 Å². The van der Waals surface area contributed by atoms with Gasteiger partial charge < -0.3 is 15.4 Å². The molecule has 0 aliphatic carbocycles. The van der Waals surface area contributed by atoms with Crippen LogP contribution in [-0.2, 0) is 9.53 Å². The van der Waals surface area contributed by atoms with E-state index < -0.39 is 0 Å². The third kappa shape index (κ3) is 4.28. The molecular weight excluding hydrogens is 216 g/mol. The van der Waals surface area contributed by atoms with E-state index in [1.807, 2.05) is 11.8 Å². The predicted molar refractivity (Wildman–Crippen MR) is 68.6 cm³/mol. The number of hydrogen-bond donors (Lipinski definition) is 1. The first-order chi connectivity index (χ1) is 8.06. The van der Waals surface area contributed by atoms with Crippen LogP contribution < -0.4 is 5.73 Å². The number of rotatable bonds is 5. The molecule has 100 valence electrons. The number of hydrogen-bond acceptors (Lipinski definition) is 3. The quantitative estimate of drug-likeness (QED) is 0.789. The Morgan fingerprint density at radius 2 is 1.94 bits per heavy atom. The summed E-state index contributed by atoms with van der Waals surface area (Å²) >= 11 is 0. The number of ether oxygens (including phenoxy) is 1. The summed E-state index contributed by atoms with van der Waals surface area (Å²) in [6.45, 7) is 9.06. The van der Waals surface area contributed by atoms with Gasteiger partial charge in [-0.25, -0.2) is 0 Å². The fourth-order valence-electron chi connectivity index (χ4n) is 2.05. The second-order valence-electron chi connectivity index (χ2n) is 5.22. The third-order valence-corrected chi connectivity index (χ3v) is 3.61. The molecule has 1 heterocycles. The van der Waals surface area contributed by atoms with Gasteiger partial charge in [0, 0.05) is 25.6 Å². The molecule has 4 heteroatoms. The maximum Gasteiger partial charge on any atom is 0.225 e. The lowest BCUT2D eigenvalue weighted by Crippen LogP contribution is -2.44. The molecule has 1 atom stereocenters. The summed E-state index contributed by atoms with van der Waals surface area (Å²) in [4.78, 5) is 14.1. The topological polar surface area (TPSA) is 55.6 Å². The number of nitrogens with two attached hydrogens (primary N) is 1. The van der Waals surface area contributed by atoms with Crippen LogP contribution in [0.2, 0.25) is 0 Å². The standard InChI is InChI=1S/C13H26N2O2/c1-10(2)11(3)13(16)15-7-4-12(5-8-15)17-9-6-14/h10-12H,4-9,14H2,1-3H3. The Balaban J connectivity index is 2.33. The monoisotopic (exact) mass is 242 g/mol. The zero-order valence-corrected chi connectivity index (χ0v) is 11.3. The Morgan fingerprint density at radius 3 is 2.41 bits per heavy atom. The minimum Gasteiger partial charge on any atom is -0.377 e. The minimum absolute atomic E-state index is 0.122. The van der Waals surface area contributed by atoms with Gasteiger partial charge in [0.25, 0.3) is 0 Å². The molecule has 1 amide bonds. The van der Waals surface area contributed by atoms with Gasteiger partial charge in [-0.2, -0.15) is 0 Å². The van der Waals surface area contributed by atoms with E-state index in [1.54, 1.807) is 0 Å². The molecule has 0 aromatic rings. The average molecular weight is 242 g/mol.